The fraction of sp³-hybridized carbons (Fsp3) is 0.304. The first kappa shape index (κ1) is 18.1. The Hall–Kier alpha value is -2.96. The second-order valence-corrected chi connectivity index (χ2v) is 7.20. The Kier molecular flexibility index (Phi) is 4.87. The monoisotopic (exact) mass is 389 g/mol. The van der Waals surface area contributed by atoms with Crippen molar-refractivity contribution in [3.63, 3.8) is 0 Å². The average molecular weight is 389 g/mol. The van der Waals surface area contributed by atoms with Gasteiger partial charge in [-0.25, -0.2) is 0 Å². The van der Waals surface area contributed by atoms with Gasteiger partial charge < -0.3 is 14.3 Å². The molecule has 0 unspecified atom stereocenters. The first-order valence-electron chi connectivity index (χ1n) is 9.92. The van der Waals surface area contributed by atoms with E-state index >= 15 is 0 Å². The summed E-state index contributed by atoms with van der Waals surface area (Å²) in [7, 11) is 1.68. The molecule has 1 aliphatic carbocycles. The van der Waals surface area contributed by atoms with Gasteiger partial charge in [0.25, 0.3) is 0 Å². The van der Waals surface area contributed by atoms with Crippen molar-refractivity contribution >= 4 is 16.6 Å². The summed E-state index contributed by atoms with van der Waals surface area (Å²) in [6.45, 7) is 4.84. The van der Waals surface area contributed by atoms with Crippen molar-refractivity contribution in [1.29, 1.82) is 0 Å². The molecule has 0 amide bonds. The molecule has 5 rings (SSSR count). The maximum atomic E-state index is 5.80. The van der Waals surface area contributed by atoms with Crippen LogP contribution in [0.5, 0.6) is 5.75 Å². The number of methoxy groups -OCH3 is 1. The molecule has 1 saturated heterocycles. The molecule has 6 heteroatoms. The molecule has 0 atom stereocenters. The lowest BCUT2D eigenvalue weighted by atomic mass is 10.0. The van der Waals surface area contributed by atoms with E-state index in [0.29, 0.717) is 6.61 Å². The Morgan fingerprint density at radius 2 is 1.93 bits per heavy atom. The van der Waals surface area contributed by atoms with E-state index in [1.165, 1.54) is 0 Å². The fourth-order valence-electron chi connectivity index (χ4n) is 4.02. The van der Waals surface area contributed by atoms with Crippen molar-refractivity contribution in [3.05, 3.63) is 59.8 Å². The van der Waals surface area contributed by atoms with Crippen molar-refractivity contribution in [2.24, 2.45) is 5.16 Å². The number of oxime groups is 1. The van der Waals surface area contributed by atoms with E-state index in [2.05, 4.69) is 27.2 Å². The van der Waals surface area contributed by atoms with Gasteiger partial charge in [-0.2, -0.15) is 0 Å². The second kappa shape index (κ2) is 7.81. The first-order valence-corrected chi connectivity index (χ1v) is 9.92. The van der Waals surface area contributed by atoms with Crippen LogP contribution < -0.4 is 4.74 Å². The van der Waals surface area contributed by atoms with Crippen LogP contribution in [-0.4, -0.2) is 62.2 Å². The fourth-order valence-corrected chi connectivity index (χ4v) is 4.02. The maximum Gasteiger partial charge on any atom is 0.129 e. The number of hydrogen-bond donors (Lipinski definition) is 0. The maximum absolute atomic E-state index is 5.80. The van der Waals surface area contributed by atoms with Gasteiger partial charge in [-0.05, 0) is 29.8 Å². The number of para-hydroxylation sites is 1. The van der Waals surface area contributed by atoms with Gasteiger partial charge in [0, 0.05) is 47.9 Å². The summed E-state index contributed by atoms with van der Waals surface area (Å²) in [5.41, 5.74) is 6.07. The Balaban J connectivity index is 1.50. The summed E-state index contributed by atoms with van der Waals surface area (Å²) >= 11 is 0. The lowest BCUT2D eigenvalue weighted by molar-refractivity contribution is 0.0212. The van der Waals surface area contributed by atoms with Crippen LogP contribution in [0.25, 0.3) is 22.0 Å². The van der Waals surface area contributed by atoms with E-state index in [1.54, 1.807) is 7.11 Å². The Bertz CT molecular complexity index is 1070. The number of aromatic nitrogens is 1. The molecule has 29 heavy (non-hydrogen) atoms. The highest BCUT2D eigenvalue weighted by atomic mass is 16.6. The zero-order chi connectivity index (χ0) is 19.6. The Morgan fingerprint density at radius 3 is 2.79 bits per heavy atom. The molecule has 0 bridgehead atoms. The molecule has 148 valence electrons. The van der Waals surface area contributed by atoms with Gasteiger partial charge >= 0.3 is 0 Å². The minimum Gasteiger partial charge on any atom is -0.497 e. The Morgan fingerprint density at radius 1 is 1.07 bits per heavy atom. The van der Waals surface area contributed by atoms with Crippen molar-refractivity contribution in [3.8, 4) is 16.9 Å². The number of pyridine rings is 1. The van der Waals surface area contributed by atoms with Crippen LogP contribution in [0.3, 0.4) is 0 Å². The largest absolute Gasteiger partial charge is 0.497 e. The van der Waals surface area contributed by atoms with Crippen LogP contribution in [0.2, 0.25) is 0 Å². The van der Waals surface area contributed by atoms with Crippen LogP contribution >= 0.6 is 0 Å². The predicted molar refractivity (Wildman–Crippen MR) is 113 cm³/mol. The molecule has 2 heterocycles. The number of nitrogens with zero attached hydrogens (tertiary/aromatic N) is 3. The highest BCUT2D eigenvalue weighted by Gasteiger charge is 2.28. The van der Waals surface area contributed by atoms with Crippen molar-refractivity contribution < 1.29 is 14.3 Å². The average Bonchev–Trinajstić information content (AvgIpc) is 3.10. The van der Waals surface area contributed by atoms with E-state index in [4.69, 9.17) is 14.3 Å². The molecular formula is C23H23N3O3. The smallest absolute Gasteiger partial charge is 0.129 e. The molecule has 1 aromatic heterocycles. The third-order valence-electron chi connectivity index (χ3n) is 5.54. The van der Waals surface area contributed by atoms with Gasteiger partial charge in [-0.15, -0.1) is 0 Å². The first-order chi connectivity index (χ1) is 14.3. The molecule has 6 nitrogen and oxygen atoms in total. The summed E-state index contributed by atoms with van der Waals surface area (Å²) in [5, 5.41) is 5.67. The third kappa shape index (κ3) is 3.34. The summed E-state index contributed by atoms with van der Waals surface area (Å²) < 4.78 is 10.8. The van der Waals surface area contributed by atoms with Crippen LogP contribution in [0.1, 0.15) is 11.1 Å². The Labute approximate surface area is 169 Å². The molecule has 3 aromatic rings. The van der Waals surface area contributed by atoms with E-state index in [1.807, 2.05) is 36.5 Å². The zero-order valence-electron chi connectivity index (χ0n) is 16.4. The van der Waals surface area contributed by atoms with Gasteiger partial charge in [0.1, 0.15) is 18.1 Å². The normalized spacial score (nSPS) is 17.3. The molecule has 2 aliphatic rings. The molecule has 1 fully saturated rings. The van der Waals surface area contributed by atoms with E-state index in [0.717, 1.165) is 77.5 Å². The van der Waals surface area contributed by atoms with Crippen LogP contribution in [0.4, 0.5) is 0 Å². The van der Waals surface area contributed by atoms with Crippen molar-refractivity contribution in [2.75, 3.05) is 46.6 Å². The predicted octanol–water partition coefficient (Wildman–Crippen LogP) is 3.33. The van der Waals surface area contributed by atoms with Gasteiger partial charge in [0.2, 0.25) is 0 Å². The molecule has 0 spiro atoms. The standard InChI is InChI=1S/C23H23N3O3/c1-27-16-6-7-17-19(14-16)23(25-29-13-10-26-8-11-28-12-9-26)22-18-4-2-3-5-21(18)24-15-20(17)22/h2-7,14-15H,8-13H2,1H3/b25-23+. The van der Waals surface area contributed by atoms with Crippen LogP contribution in [0, 0.1) is 0 Å². The van der Waals surface area contributed by atoms with E-state index in [-0.39, 0.29) is 0 Å². The number of morpholine rings is 1. The third-order valence-corrected chi connectivity index (χ3v) is 5.54. The second-order valence-electron chi connectivity index (χ2n) is 7.20. The zero-order valence-corrected chi connectivity index (χ0v) is 16.4. The number of rotatable bonds is 5. The highest BCUT2D eigenvalue weighted by Crippen LogP contribution is 2.41. The summed E-state index contributed by atoms with van der Waals surface area (Å²) in [5.74, 6) is 0.801. The quantitative estimate of drug-likeness (QED) is 0.387. The molecule has 0 N–H and O–H groups in total. The van der Waals surface area contributed by atoms with E-state index < -0.39 is 0 Å². The minimum absolute atomic E-state index is 0.543. The van der Waals surface area contributed by atoms with Crippen molar-refractivity contribution in [1.82, 2.24) is 9.88 Å². The molecule has 1 aliphatic heterocycles. The van der Waals surface area contributed by atoms with Gasteiger partial charge in [0.05, 0.1) is 25.8 Å². The van der Waals surface area contributed by atoms with Gasteiger partial charge in [-0.1, -0.05) is 23.4 Å². The number of ether oxygens (including phenoxy) is 2. The lowest BCUT2D eigenvalue weighted by Gasteiger charge is -2.25. The number of hydrogen-bond acceptors (Lipinski definition) is 6. The SMILES string of the molecule is COc1ccc2c(c1)/C(=N\OCCN1CCOCC1)c1c-2cnc2ccccc12. The van der Waals surface area contributed by atoms with Crippen LogP contribution in [-0.2, 0) is 9.57 Å². The van der Waals surface area contributed by atoms with Gasteiger partial charge in [-0.3, -0.25) is 9.88 Å². The highest BCUT2D eigenvalue weighted by molar-refractivity contribution is 6.29. The molecular weight excluding hydrogens is 366 g/mol. The van der Waals surface area contributed by atoms with Crippen LogP contribution in [0.15, 0.2) is 53.8 Å². The van der Waals surface area contributed by atoms with E-state index in [9.17, 15) is 0 Å². The molecule has 0 saturated carbocycles. The molecule has 2 aromatic carbocycles. The van der Waals surface area contributed by atoms with Crippen molar-refractivity contribution in [2.45, 2.75) is 0 Å². The minimum atomic E-state index is 0.543. The topological polar surface area (TPSA) is 56.2 Å². The summed E-state index contributed by atoms with van der Waals surface area (Å²) in [6, 6.07) is 14.2. The number of fused-ring (bicyclic) bond motifs is 5. The number of benzene rings is 2. The van der Waals surface area contributed by atoms with Gasteiger partial charge in [0.15, 0.2) is 0 Å². The molecule has 0 radical (unpaired) electrons. The summed E-state index contributed by atoms with van der Waals surface area (Å²) in [6.07, 6.45) is 1.93. The summed E-state index contributed by atoms with van der Waals surface area (Å²) in [4.78, 5) is 12.8. The lowest BCUT2D eigenvalue weighted by Crippen LogP contribution is -2.38.